The molecule has 3 aromatic heterocycles. The molecule has 0 aromatic carbocycles. The van der Waals surface area contributed by atoms with Gasteiger partial charge in [0.2, 0.25) is 0 Å². The van der Waals surface area contributed by atoms with Gasteiger partial charge in [-0.1, -0.05) is 40.5 Å². The van der Waals surface area contributed by atoms with E-state index < -0.39 is 0 Å². The number of pyridine rings is 3. The van der Waals surface area contributed by atoms with Crippen molar-refractivity contribution in [3.8, 4) is 22.4 Å². The van der Waals surface area contributed by atoms with Crippen LogP contribution in [0.1, 0.15) is 81.5 Å². The van der Waals surface area contributed by atoms with Crippen molar-refractivity contribution in [1.29, 1.82) is 0 Å². The molecule has 3 heteroatoms. The van der Waals surface area contributed by atoms with E-state index in [1.165, 1.54) is 64.8 Å². The largest absolute Gasteiger partial charge is 0.252 e. The van der Waals surface area contributed by atoms with Crippen LogP contribution in [0.25, 0.3) is 22.4 Å². The molecule has 4 rings (SSSR count). The Morgan fingerprint density at radius 1 is 0.938 bits per heavy atom. The third-order valence-electron chi connectivity index (χ3n) is 7.25. The zero-order valence-electron chi connectivity index (χ0n) is 21.0. The number of unbranched alkanes of at least 4 members (excludes halogenated alkanes) is 2. The molecule has 0 spiro atoms. The summed E-state index contributed by atoms with van der Waals surface area (Å²) in [6.45, 7) is 18.1. The summed E-state index contributed by atoms with van der Waals surface area (Å²) in [5.74, 6) is 0. The van der Waals surface area contributed by atoms with Crippen molar-refractivity contribution in [3.05, 3.63) is 64.9 Å². The Morgan fingerprint density at radius 3 is 2.34 bits per heavy atom. The predicted molar refractivity (Wildman–Crippen MR) is 132 cm³/mol. The summed E-state index contributed by atoms with van der Waals surface area (Å²) in [5, 5.41) is 0. The van der Waals surface area contributed by atoms with E-state index >= 15 is 0 Å². The molecule has 0 atom stereocenters. The van der Waals surface area contributed by atoms with Gasteiger partial charge >= 0.3 is 0 Å². The van der Waals surface area contributed by atoms with E-state index in [2.05, 4.69) is 94.4 Å². The molecule has 0 N–H and O–H groups in total. The highest BCUT2D eigenvalue weighted by atomic mass is 14.9. The molecule has 32 heavy (non-hydrogen) atoms. The molecule has 3 nitrogen and oxygen atoms in total. The molecule has 3 aromatic rings. The monoisotopic (exact) mass is 429 g/mol. The molecule has 168 valence electrons. The number of nitrogens with zero attached hydrogens (tertiary/aromatic N) is 3. The number of hydrogen-bond donors (Lipinski definition) is 0. The summed E-state index contributed by atoms with van der Waals surface area (Å²) in [6, 6.07) is 6.87. The van der Waals surface area contributed by atoms with Crippen LogP contribution in [-0.4, -0.2) is 4.98 Å². The Labute approximate surface area is 194 Å². The maximum atomic E-state index is 5.17. The van der Waals surface area contributed by atoms with Gasteiger partial charge in [0.15, 0.2) is 24.3 Å². The Bertz CT molecular complexity index is 1160. The second-order valence-corrected chi connectivity index (χ2v) is 10.0. The summed E-state index contributed by atoms with van der Waals surface area (Å²) < 4.78 is 4.72. The number of hydrogen-bond acceptors (Lipinski definition) is 1. The highest BCUT2D eigenvalue weighted by Crippen LogP contribution is 2.51. The zero-order chi connectivity index (χ0) is 23.0. The van der Waals surface area contributed by atoms with E-state index in [0.29, 0.717) is 0 Å². The summed E-state index contributed by atoms with van der Waals surface area (Å²) in [6.07, 6.45) is 11.7. The lowest BCUT2D eigenvalue weighted by molar-refractivity contribution is -0.703. The van der Waals surface area contributed by atoms with Gasteiger partial charge in [-0.2, -0.15) is 0 Å². The van der Waals surface area contributed by atoms with Gasteiger partial charge in [-0.3, -0.25) is 4.98 Å². The highest BCUT2D eigenvalue weighted by molar-refractivity contribution is 5.85. The molecular weight excluding hydrogens is 390 g/mol. The molecule has 3 heterocycles. The standard InChI is InChI=1S/C29H39N3/c1-8-10-14-31-16-13-24-25(19-31)29(6,7)27-21(4)28(30-22(5)26(24)27)23-12-17-32(15-11-9-2)20(3)18-23/h12-13,16-19H,8-11,14-15H2,1-7H3/q+2. The highest BCUT2D eigenvalue weighted by Gasteiger charge is 2.41. The fourth-order valence-electron chi connectivity index (χ4n) is 5.43. The SMILES string of the molecule is CCCC[n+]1ccc2c(c1)C(C)(C)c1c(C)c(-c3cc[n+](CCCC)c(C)c3)nc(C)c1-2. The first-order chi connectivity index (χ1) is 15.3. The van der Waals surface area contributed by atoms with Crippen molar-refractivity contribution in [2.45, 2.75) is 92.7 Å². The minimum atomic E-state index is -0.0305. The first kappa shape index (κ1) is 22.6. The van der Waals surface area contributed by atoms with Crippen molar-refractivity contribution in [2.75, 3.05) is 0 Å². The first-order valence-electron chi connectivity index (χ1n) is 12.4. The van der Waals surface area contributed by atoms with Gasteiger partial charge in [-0.25, -0.2) is 9.13 Å². The Hall–Kier alpha value is -2.55. The quantitative estimate of drug-likeness (QED) is 0.412. The third-order valence-corrected chi connectivity index (χ3v) is 7.25. The minimum absolute atomic E-state index is 0.0305. The zero-order valence-corrected chi connectivity index (χ0v) is 21.0. The predicted octanol–water partition coefficient (Wildman–Crippen LogP) is 6.16. The number of fused-ring (bicyclic) bond motifs is 3. The van der Waals surface area contributed by atoms with Crippen LogP contribution in [0.3, 0.4) is 0 Å². The fraction of sp³-hybridized carbons (Fsp3) is 0.483. The summed E-state index contributed by atoms with van der Waals surface area (Å²) in [5.41, 5.74) is 11.7. The molecule has 1 aliphatic carbocycles. The second-order valence-electron chi connectivity index (χ2n) is 10.0. The summed E-state index contributed by atoms with van der Waals surface area (Å²) >= 11 is 0. The van der Waals surface area contributed by atoms with E-state index in [1.54, 1.807) is 0 Å². The van der Waals surface area contributed by atoms with Gasteiger partial charge < -0.3 is 0 Å². The van der Waals surface area contributed by atoms with E-state index in [1.807, 2.05) is 0 Å². The molecule has 0 amide bonds. The lowest BCUT2D eigenvalue weighted by Gasteiger charge is -2.24. The van der Waals surface area contributed by atoms with Crippen molar-refractivity contribution in [3.63, 3.8) is 0 Å². The molecule has 1 aliphatic rings. The smallest absolute Gasteiger partial charge is 0.178 e. The van der Waals surface area contributed by atoms with Gasteiger partial charge in [0.25, 0.3) is 0 Å². The van der Waals surface area contributed by atoms with Crippen molar-refractivity contribution >= 4 is 0 Å². The fourth-order valence-corrected chi connectivity index (χ4v) is 5.43. The molecule has 0 saturated heterocycles. The van der Waals surface area contributed by atoms with Crippen LogP contribution in [0, 0.1) is 20.8 Å². The van der Waals surface area contributed by atoms with Gasteiger partial charge in [0, 0.05) is 65.8 Å². The molecule has 0 fully saturated rings. The normalized spacial score (nSPS) is 13.8. The van der Waals surface area contributed by atoms with E-state index in [0.717, 1.165) is 24.5 Å². The molecule has 0 saturated carbocycles. The van der Waals surface area contributed by atoms with Crippen LogP contribution in [0.4, 0.5) is 0 Å². The number of aromatic nitrogens is 3. The lowest BCUT2D eigenvalue weighted by Crippen LogP contribution is -2.36. The number of rotatable bonds is 7. The first-order valence-corrected chi connectivity index (χ1v) is 12.4. The molecule has 0 bridgehead atoms. The average molecular weight is 430 g/mol. The van der Waals surface area contributed by atoms with Crippen LogP contribution in [0.15, 0.2) is 36.8 Å². The number of aryl methyl sites for hydroxylation is 4. The second kappa shape index (κ2) is 8.77. The Morgan fingerprint density at radius 2 is 1.66 bits per heavy atom. The van der Waals surface area contributed by atoms with Gasteiger partial charge in [0.1, 0.15) is 13.1 Å². The van der Waals surface area contributed by atoms with Crippen molar-refractivity contribution < 1.29 is 9.13 Å². The topological polar surface area (TPSA) is 20.6 Å². The van der Waals surface area contributed by atoms with Crippen LogP contribution >= 0.6 is 0 Å². The van der Waals surface area contributed by atoms with Gasteiger partial charge in [0.05, 0.1) is 5.69 Å². The van der Waals surface area contributed by atoms with Crippen molar-refractivity contribution in [2.24, 2.45) is 0 Å². The molecular formula is C29H39N3+2. The lowest BCUT2D eigenvalue weighted by atomic mass is 9.80. The minimum Gasteiger partial charge on any atom is -0.252 e. The van der Waals surface area contributed by atoms with Crippen LogP contribution in [0.2, 0.25) is 0 Å². The third kappa shape index (κ3) is 3.76. The van der Waals surface area contributed by atoms with Gasteiger partial charge in [-0.05, 0) is 30.5 Å². The molecule has 0 radical (unpaired) electrons. The van der Waals surface area contributed by atoms with Crippen LogP contribution in [-0.2, 0) is 18.5 Å². The van der Waals surface area contributed by atoms with E-state index in [-0.39, 0.29) is 5.41 Å². The van der Waals surface area contributed by atoms with Gasteiger partial charge in [-0.15, -0.1) is 0 Å². The van der Waals surface area contributed by atoms with Crippen LogP contribution in [0.5, 0.6) is 0 Å². The Kier molecular flexibility index (Phi) is 6.20. The molecule has 0 aliphatic heterocycles. The summed E-state index contributed by atoms with van der Waals surface area (Å²) in [7, 11) is 0. The van der Waals surface area contributed by atoms with E-state index in [4.69, 9.17) is 4.98 Å². The average Bonchev–Trinajstić information content (AvgIpc) is 3.01. The van der Waals surface area contributed by atoms with Crippen molar-refractivity contribution in [1.82, 2.24) is 4.98 Å². The summed E-state index contributed by atoms with van der Waals surface area (Å²) in [4.78, 5) is 5.17. The molecule has 0 unspecified atom stereocenters. The maximum absolute atomic E-state index is 5.17. The van der Waals surface area contributed by atoms with Crippen LogP contribution < -0.4 is 9.13 Å². The maximum Gasteiger partial charge on any atom is 0.178 e. The van der Waals surface area contributed by atoms with E-state index in [9.17, 15) is 0 Å². The Balaban J connectivity index is 1.82.